The fraction of sp³-hybridized carbons (Fsp3) is 0.857. The Labute approximate surface area is 162 Å². The number of hydrogen-bond acceptors (Lipinski definition) is 4. The zero-order chi connectivity index (χ0) is 19.3. The van der Waals surface area contributed by atoms with Gasteiger partial charge in [0.15, 0.2) is 0 Å². The second kappa shape index (κ2) is 9.07. The molecule has 2 amide bonds. The Bertz CT molecular complexity index is 558. The Morgan fingerprint density at radius 3 is 2.59 bits per heavy atom. The summed E-state index contributed by atoms with van der Waals surface area (Å²) in [7, 11) is 1.33. The van der Waals surface area contributed by atoms with Crippen LogP contribution < -0.4 is 0 Å². The van der Waals surface area contributed by atoms with Gasteiger partial charge in [0.1, 0.15) is 0 Å². The van der Waals surface area contributed by atoms with E-state index >= 15 is 0 Å². The molecule has 1 unspecified atom stereocenters. The number of carbonyl (C=O) groups excluding carboxylic acids is 3. The highest BCUT2D eigenvalue weighted by molar-refractivity contribution is 5.87. The minimum Gasteiger partial charge on any atom is -0.469 e. The summed E-state index contributed by atoms with van der Waals surface area (Å²) in [6.45, 7) is 2.89. The zero-order valence-electron chi connectivity index (χ0n) is 16.7. The van der Waals surface area contributed by atoms with Crippen LogP contribution >= 0.6 is 0 Å². The van der Waals surface area contributed by atoms with E-state index in [9.17, 15) is 14.4 Å². The number of esters is 1. The van der Waals surface area contributed by atoms with Gasteiger partial charge in [-0.05, 0) is 31.6 Å². The standard InChI is InChI=1S/C21H34N2O4/c1-27-19(25)9-8-18(24)23-15-12-21(16-23)11-5-13-22(20(21)26)14-10-17-6-3-2-4-7-17/h17H,2-16H2,1H3. The maximum Gasteiger partial charge on any atom is 0.306 e. The summed E-state index contributed by atoms with van der Waals surface area (Å²) >= 11 is 0. The summed E-state index contributed by atoms with van der Waals surface area (Å²) in [5.41, 5.74) is -0.383. The number of likely N-dealkylation sites (tertiary alicyclic amines) is 2. The minimum absolute atomic E-state index is 0.0376. The third kappa shape index (κ3) is 4.82. The van der Waals surface area contributed by atoms with E-state index in [1.165, 1.54) is 39.2 Å². The number of amides is 2. The lowest BCUT2D eigenvalue weighted by Gasteiger charge is -2.40. The molecule has 152 valence electrons. The molecule has 1 aliphatic carbocycles. The van der Waals surface area contributed by atoms with Gasteiger partial charge in [0.25, 0.3) is 0 Å². The van der Waals surface area contributed by atoms with Gasteiger partial charge in [0.05, 0.1) is 18.9 Å². The van der Waals surface area contributed by atoms with Crippen LogP contribution in [0.2, 0.25) is 0 Å². The van der Waals surface area contributed by atoms with Gasteiger partial charge in [-0.3, -0.25) is 14.4 Å². The summed E-state index contributed by atoms with van der Waals surface area (Å²) in [5, 5.41) is 0. The second-order valence-electron chi connectivity index (χ2n) is 8.61. The molecule has 1 saturated carbocycles. The van der Waals surface area contributed by atoms with Crippen molar-refractivity contribution < 1.29 is 19.1 Å². The molecule has 1 spiro atoms. The molecule has 6 heteroatoms. The summed E-state index contributed by atoms with van der Waals surface area (Å²) < 4.78 is 4.61. The lowest BCUT2D eigenvalue weighted by Crippen LogP contribution is -2.50. The van der Waals surface area contributed by atoms with Crippen LogP contribution in [0, 0.1) is 11.3 Å². The third-order valence-electron chi connectivity index (χ3n) is 6.83. The highest BCUT2D eigenvalue weighted by Crippen LogP contribution is 2.40. The average Bonchev–Trinajstić information content (AvgIpc) is 3.13. The molecule has 27 heavy (non-hydrogen) atoms. The normalized spacial score (nSPS) is 26.6. The summed E-state index contributed by atoms with van der Waals surface area (Å²) in [6, 6.07) is 0. The summed E-state index contributed by atoms with van der Waals surface area (Å²) in [5.74, 6) is 0.640. The number of piperidine rings is 1. The van der Waals surface area contributed by atoms with E-state index < -0.39 is 0 Å². The van der Waals surface area contributed by atoms with Crippen molar-refractivity contribution in [1.82, 2.24) is 9.80 Å². The van der Waals surface area contributed by atoms with Crippen molar-refractivity contribution in [3.8, 4) is 0 Å². The van der Waals surface area contributed by atoms with E-state index in [2.05, 4.69) is 9.64 Å². The van der Waals surface area contributed by atoms with Crippen molar-refractivity contribution in [3.63, 3.8) is 0 Å². The van der Waals surface area contributed by atoms with Crippen LogP contribution in [-0.2, 0) is 19.1 Å². The van der Waals surface area contributed by atoms with E-state index in [1.54, 1.807) is 4.90 Å². The van der Waals surface area contributed by atoms with Crippen LogP contribution in [0.4, 0.5) is 0 Å². The second-order valence-corrected chi connectivity index (χ2v) is 8.61. The molecule has 2 aliphatic heterocycles. The fourth-order valence-corrected chi connectivity index (χ4v) is 5.11. The van der Waals surface area contributed by atoms with Gasteiger partial charge in [-0.15, -0.1) is 0 Å². The van der Waals surface area contributed by atoms with Crippen LogP contribution in [0.25, 0.3) is 0 Å². The Morgan fingerprint density at radius 2 is 1.85 bits per heavy atom. The van der Waals surface area contributed by atoms with E-state index in [0.717, 1.165) is 44.7 Å². The predicted octanol–water partition coefficient (Wildman–Crippen LogP) is 2.75. The first-order chi connectivity index (χ1) is 13.0. The van der Waals surface area contributed by atoms with Gasteiger partial charge in [-0.25, -0.2) is 0 Å². The molecule has 3 fully saturated rings. The maximum absolute atomic E-state index is 13.2. The summed E-state index contributed by atoms with van der Waals surface area (Å²) in [6.07, 6.45) is 10.7. The molecular formula is C21H34N2O4. The molecule has 0 aromatic heterocycles. The van der Waals surface area contributed by atoms with E-state index in [-0.39, 0.29) is 36.0 Å². The molecular weight excluding hydrogens is 344 g/mol. The van der Waals surface area contributed by atoms with Crippen LogP contribution in [0.5, 0.6) is 0 Å². The number of carbonyl (C=O) groups is 3. The van der Waals surface area contributed by atoms with Crippen LogP contribution in [0.1, 0.15) is 70.6 Å². The van der Waals surface area contributed by atoms with Crippen molar-refractivity contribution in [2.75, 3.05) is 33.3 Å². The van der Waals surface area contributed by atoms with Crippen molar-refractivity contribution in [3.05, 3.63) is 0 Å². The van der Waals surface area contributed by atoms with Crippen LogP contribution in [0.15, 0.2) is 0 Å². The molecule has 2 saturated heterocycles. The lowest BCUT2D eigenvalue weighted by atomic mass is 9.78. The molecule has 1 atom stereocenters. The van der Waals surface area contributed by atoms with Crippen molar-refractivity contribution in [2.45, 2.75) is 70.6 Å². The molecule has 2 heterocycles. The molecule has 3 aliphatic rings. The first kappa shape index (κ1) is 20.2. The maximum atomic E-state index is 13.2. The van der Waals surface area contributed by atoms with Gasteiger partial charge < -0.3 is 14.5 Å². The van der Waals surface area contributed by atoms with E-state index in [1.807, 2.05) is 0 Å². The van der Waals surface area contributed by atoms with Gasteiger partial charge >= 0.3 is 5.97 Å². The first-order valence-corrected chi connectivity index (χ1v) is 10.7. The quantitative estimate of drug-likeness (QED) is 0.667. The van der Waals surface area contributed by atoms with Crippen molar-refractivity contribution >= 4 is 17.8 Å². The van der Waals surface area contributed by atoms with Gasteiger partial charge in [0.2, 0.25) is 11.8 Å². The third-order valence-corrected chi connectivity index (χ3v) is 6.83. The van der Waals surface area contributed by atoms with Crippen molar-refractivity contribution in [1.29, 1.82) is 0 Å². The number of methoxy groups -OCH3 is 1. The Morgan fingerprint density at radius 1 is 1.07 bits per heavy atom. The Kier molecular flexibility index (Phi) is 6.77. The number of nitrogens with zero attached hydrogens (tertiary/aromatic N) is 2. The highest BCUT2D eigenvalue weighted by atomic mass is 16.5. The molecule has 0 N–H and O–H groups in total. The SMILES string of the molecule is COC(=O)CCC(=O)N1CCC2(CCCN(CCC3CCCCC3)C2=O)C1. The van der Waals surface area contributed by atoms with E-state index in [0.29, 0.717) is 13.1 Å². The topological polar surface area (TPSA) is 66.9 Å². The van der Waals surface area contributed by atoms with Crippen LogP contribution in [0.3, 0.4) is 0 Å². The largest absolute Gasteiger partial charge is 0.469 e. The minimum atomic E-state index is -0.383. The number of rotatable bonds is 6. The highest BCUT2D eigenvalue weighted by Gasteiger charge is 2.49. The molecule has 0 aromatic carbocycles. The monoisotopic (exact) mass is 378 g/mol. The van der Waals surface area contributed by atoms with Gasteiger partial charge in [0, 0.05) is 32.6 Å². The summed E-state index contributed by atoms with van der Waals surface area (Å²) in [4.78, 5) is 40.7. The molecule has 0 aromatic rings. The van der Waals surface area contributed by atoms with Crippen molar-refractivity contribution in [2.24, 2.45) is 11.3 Å². The van der Waals surface area contributed by atoms with Crippen LogP contribution in [-0.4, -0.2) is 60.9 Å². The molecule has 0 bridgehead atoms. The predicted molar refractivity (Wildman–Crippen MR) is 102 cm³/mol. The number of ether oxygens (including phenoxy) is 1. The van der Waals surface area contributed by atoms with Gasteiger partial charge in [-0.2, -0.15) is 0 Å². The Balaban J connectivity index is 1.52. The smallest absolute Gasteiger partial charge is 0.306 e. The molecule has 3 rings (SSSR count). The molecule has 0 radical (unpaired) electrons. The lowest BCUT2D eigenvalue weighted by molar-refractivity contribution is -0.147. The average molecular weight is 379 g/mol. The van der Waals surface area contributed by atoms with Gasteiger partial charge in [-0.1, -0.05) is 32.1 Å². The fourth-order valence-electron chi connectivity index (χ4n) is 5.11. The zero-order valence-corrected chi connectivity index (χ0v) is 16.7. The molecule has 6 nitrogen and oxygen atoms in total. The Hall–Kier alpha value is -1.59. The van der Waals surface area contributed by atoms with E-state index in [4.69, 9.17) is 0 Å². The first-order valence-electron chi connectivity index (χ1n) is 10.7. The number of hydrogen-bond donors (Lipinski definition) is 0.